The van der Waals surface area contributed by atoms with E-state index in [1.54, 1.807) is 0 Å². The highest BCUT2D eigenvalue weighted by molar-refractivity contribution is 5.76. The third-order valence-corrected chi connectivity index (χ3v) is 3.96. The second-order valence-electron chi connectivity index (χ2n) is 6.27. The van der Waals surface area contributed by atoms with Crippen molar-refractivity contribution in [2.75, 3.05) is 13.1 Å². The topological polar surface area (TPSA) is 46.3 Å². The van der Waals surface area contributed by atoms with Gasteiger partial charge in [-0.3, -0.25) is 4.79 Å². The van der Waals surface area contributed by atoms with E-state index in [2.05, 4.69) is 32.9 Å². The summed E-state index contributed by atoms with van der Waals surface area (Å²) < 4.78 is 0. The van der Waals surface area contributed by atoms with Crippen LogP contribution in [0.5, 0.6) is 0 Å². The van der Waals surface area contributed by atoms with Crippen molar-refractivity contribution in [2.24, 2.45) is 17.6 Å². The minimum Gasteiger partial charge on any atom is -0.339 e. The van der Waals surface area contributed by atoms with Crippen molar-refractivity contribution in [3.8, 4) is 0 Å². The van der Waals surface area contributed by atoms with Crippen LogP contribution in [0.2, 0.25) is 0 Å². The molecular weight excluding hydrogens is 260 g/mol. The number of hydrogen-bond donors (Lipinski definition) is 1. The molecule has 0 aromatic heterocycles. The Labute approximate surface area is 129 Å². The highest BCUT2D eigenvalue weighted by atomic mass is 16.2. The number of nitrogens with zero attached hydrogens (tertiary/aromatic N) is 1. The molecule has 3 nitrogen and oxygen atoms in total. The van der Waals surface area contributed by atoms with Crippen molar-refractivity contribution in [1.82, 2.24) is 4.90 Å². The van der Waals surface area contributed by atoms with E-state index < -0.39 is 0 Å². The summed E-state index contributed by atoms with van der Waals surface area (Å²) in [5, 5.41) is 0. The van der Waals surface area contributed by atoms with Gasteiger partial charge in [-0.05, 0) is 49.8 Å². The summed E-state index contributed by atoms with van der Waals surface area (Å²) in [7, 11) is 0. The van der Waals surface area contributed by atoms with E-state index in [-0.39, 0.29) is 5.91 Å². The first-order chi connectivity index (χ1) is 9.97. The van der Waals surface area contributed by atoms with Crippen LogP contribution >= 0.6 is 0 Å². The van der Waals surface area contributed by atoms with E-state index in [4.69, 9.17) is 5.73 Å². The SMILES string of the molecule is CCN(Cc1ccccc1C)C(=O)C[C@@H](CN)CC(C)C. The monoisotopic (exact) mass is 290 g/mol. The van der Waals surface area contributed by atoms with Crippen LogP contribution in [0.25, 0.3) is 0 Å². The van der Waals surface area contributed by atoms with Crippen molar-refractivity contribution in [2.45, 2.75) is 47.1 Å². The molecule has 0 aliphatic rings. The summed E-state index contributed by atoms with van der Waals surface area (Å²) in [5.41, 5.74) is 8.28. The Morgan fingerprint density at radius 3 is 2.48 bits per heavy atom. The lowest BCUT2D eigenvalue weighted by Crippen LogP contribution is -2.33. The Morgan fingerprint density at radius 2 is 1.95 bits per heavy atom. The fourth-order valence-electron chi connectivity index (χ4n) is 2.68. The summed E-state index contributed by atoms with van der Waals surface area (Å²) >= 11 is 0. The summed E-state index contributed by atoms with van der Waals surface area (Å²) in [4.78, 5) is 14.4. The Hall–Kier alpha value is -1.35. The van der Waals surface area contributed by atoms with Crippen molar-refractivity contribution < 1.29 is 4.79 Å². The van der Waals surface area contributed by atoms with E-state index in [0.717, 1.165) is 13.0 Å². The van der Waals surface area contributed by atoms with Gasteiger partial charge in [0.05, 0.1) is 0 Å². The van der Waals surface area contributed by atoms with Gasteiger partial charge in [0.1, 0.15) is 0 Å². The van der Waals surface area contributed by atoms with Crippen LogP contribution in [0, 0.1) is 18.8 Å². The van der Waals surface area contributed by atoms with Gasteiger partial charge < -0.3 is 10.6 Å². The van der Waals surface area contributed by atoms with Crippen LogP contribution in [-0.2, 0) is 11.3 Å². The molecule has 1 amide bonds. The van der Waals surface area contributed by atoms with Gasteiger partial charge in [-0.25, -0.2) is 0 Å². The van der Waals surface area contributed by atoms with Crippen molar-refractivity contribution in [1.29, 1.82) is 0 Å². The molecule has 1 aromatic rings. The molecule has 0 saturated carbocycles. The average molecular weight is 290 g/mol. The lowest BCUT2D eigenvalue weighted by Gasteiger charge is -2.25. The maximum absolute atomic E-state index is 12.5. The van der Waals surface area contributed by atoms with Crippen molar-refractivity contribution >= 4 is 5.91 Å². The molecule has 0 heterocycles. The highest BCUT2D eigenvalue weighted by Gasteiger charge is 2.19. The van der Waals surface area contributed by atoms with Crippen molar-refractivity contribution in [3.63, 3.8) is 0 Å². The molecule has 0 aliphatic carbocycles. The zero-order chi connectivity index (χ0) is 15.8. The summed E-state index contributed by atoms with van der Waals surface area (Å²) in [6, 6.07) is 8.25. The van der Waals surface area contributed by atoms with E-state index in [1.807, 2.05) is 24.0 Å². The van der Waals surface area contributed by atoms with E-state index in [9.17, 15) is 4.79 Å². The zero-order valence-corrected chi connectivity index (χ0v) is 13.9. The second kappa shape index (κ2) is 8.83. The first-order valence-corrected chi connectivity index (χ1v) is 8.00. The van der Waals surface area contributed by atoms with Crippen LogP contribution < -0.4 is 5.73 Å². The zero-order valence-electron chi connectivity index (χ0n) is 13.9. The van der Waals surface area contributed by atoms with Crippen LogP contribution in [0.4, 0.5) is 0 Å². The van der Waals surface area contributed by atoms with Crippen LogP contribution in [0.3, 0.4) is 0 Å². The molecule has 1 rings (SSSR count). The number of nitrogens with two attached hydrogens (primary N) is 1. The van der Waals surface area contributed by atoms with Crippen LogP contribution in [0.1, 0.15) is 44.7 Å². The number of aryl methyl sites for hydroxylation is 1. The maximum Gasteiger partial charge on any atom is 0.223 e. The largest absolute Gasteiger partial charge is 0.339 e. The summed E-state index contributed by atoms with van der Waals surface area (Å²) in [6.45, 7) is 10.5. The fraction of sp³-hybridized carbons (Fsp3) is 0.611. The molecule has 0 aliphatic heterocycles. The molecule has 1 aromatic carbocycles. The van der Waals surface area contributed by atoms with Crippen LogP contribution in [0.15, 0.2) is 24.3 Å². The number of rotatable bonds is 8. The molecule has 21 heavy (non-hydrogen) atoms. The molecule has 0 bridgehead atoms. The summed E-state index contributed by atoms with van der Waals surface area (Å²) in [6.07, 6.45) is 1.58. The third kappa shape index (κ3) is 5.88. The standard InChI is InChI=1S/C18H30N2O/c1-5-20(13-17-9-7-6-8-15(17)4)18(21)11-16(12-19)10-14(2)3/h6-9,14,16H,5,10-13,19H2,1-4H3/t16-/m0/s1. The first-order valence-electron chi connectivity index (χ1n) is 8.00. The Bertz CT molecular complexity index is 443. The van der Waals surface area contributed by atoms with Gasteiger partial charge in [0.15, 0.2) is 0 Å². The molecule has 2 N–H and O–H groups in total. The predicted molar refractivity (Wildman–Crippen MR) is 88.9 cm³/mol. The Morgan fingerprint density at radius 1 is 1.29 bits per heavy atom. The van der Waals surface area contributed by atoms with E-state index in [0.29, 0.717) is 31.3 Å². The minimum atomic E-state index is 0.219. The van der Waals surface area contributed by atoms with Crippen LogP contribution in [-0.4, -0.2) is 23.9 Å². The van der Waals surface area contributed by atoms with Gasteiger partial charge >= 0.3 is 0 Å². The lowest BCUT2D eigenvalue weighted by atomic mass is 9.93. The number of amides is 1. The first kappa shape index (κ1) is 17.7. The van der Waals surface area contributed by atoms with Gasteiger partial charge in [0.2, 0.25) is 5.91 Å². The van der Waals surface area contributed by atoms with Gasteiger partial charge in [0, 0.05) is 19.5 Å². The van der Waals surface area contributed by atoms with Gasteiger partial charge in [-0.1, -0.05) is 38.1 Å². The molecule has 0 saturated heterocycles. The number of hydrogen-bond acceptors (Lipinski definition) is 2. The minimum absolute atomic E-state index is 0.219. The molecule has 3 heteroatoms. The molecule has 118 valence electrons. The highest BCUT2D eigenvalue weighted by Crippen LogP contribution is 2.17. The fourth-order valence-corrected chi connectivity index (χ4v) is 2.68. The lowest BCUT2D eigenvalue weighted by molar-refractivity contribution is -0.132. The molecule has 0 fully saturated rings. The Kier molecular flexibility index (Phi) is 7.44. The smallest absolute Gasteiger partial charge is 0.223 e. The van der Waals surface area contributed by atoms with E-state index in [1.165, 1.54) is 11.1 Å². The molecule has 1 atom stereocenters. The van der Waals surface area contributed by atoms with E-state index >= 15 is 0 Å². The van der Waals surface area contributed by atoms with Gasteiger partial charge in [-0.15, -0.1) is 0 Å². The number of carbonyl (C=O) groups excluding carboxylic acids is 1. The Balaban J connectivity index is 2.66. The normalized spacial score (nSPS) is 12.5. The summed E-state index contributed by atoms with van der Waals surface area (Å²) in [5.74, 6) is 1.10. The van der Waals surface area contributed by atoms with Crippen molar-refractivity contribution in [3.05, 3.63) is 35.4 Å². The average Bonchev–Trinajstić information content (AvgIpc) is 2.45. The molecular formula is C18H30N2O. The molecule has 0 spiro atoms. The van der Waals surface area contributed by atoms with Gasteiger partial charge in [-0.2, -0.15) is 0 Å². The predicted octanol–water partition coefficient (Wildman–Crippen LogP) is 3.35. The van der Waals surface area contributed by atoms with Gasteiger partial charge in [0.25, 0.3) is 0 Å². The number of carbonyl (C=O) groups is 1. The molecule has 0 radical (unpaired) electrons. The second-order valence-corrected chi connectivity index (χ2v) is 6.27. The quantitative estimate of drug-likeness (QED) is 0.798. The molecule has 0 unspecified atom stereocenters. The third-order valence-electron chi connectivity index (χ3n) is 3.96. The maximum atomic E-state index is 12.5. The number of benzene rings is 1.